The smallest absolute Gasteiger partial charge is 0.326 e. The van der Waals surface area contributed by atoms with Crippen LogP contribution in [0.4, 0.5) is 0 Å². The number of hydrogen-bond donors (Lipinski definition) is 1. The molecule has 2 aromatic rings. The van der Waals surface area contributed by atoms with Gasteiger partial charge in [-0.1, -0.05) is 25.1 Å². The molecule has 1 atom stereocenters. The maximum absolute atomic E-state index is 12.6. The van der Waals surface area contributed by atoms with Gasteiger partial charge in [-0.15, -0.1) is 0 Å². The van der Waals surface area contributed by atoms with E-state index in [0.29, 0.717) is 5.69 Å². The first kappa shape index (κ1) is 15.1. The summed E-state index contributed by atoms with van der Waals surface area (Å²) in [6.45, 7) is 4.28. The molecule has 1 aromatic heterocycles. The number of para-hydroxylation sites is 1. The van der Waals surface area contributed by atoms with E-state index in [4.69, 9.17) is 5.11 Å². The van der Waals surface area contributed by atoms with Gasteiger partial charge in [0.05, 0.1) is 0 Å². The molecular weight excluding hydrogens is 268 g/mol. The summed E-state index contributed by atoms with van der Waals surface area (Å²) in [4.78, 5) is 24.9. The molecule has 2 rings (SSSR count). The van der Waals surface area contributed by atoms with E-state index in [1.165, 1.54) is 18.9 Å². The number of carboxylic acid groups (broad SMARTS) is 1. The van der Waals surface area contributed by atoms with E-state index < -0.39 is 12.0 Å². The molecule has 112 valence electrons. The third kappa shape index (κ3) is 2.77. The first-order chi connectivity index (χ1) is 9.97. The van der Waals surface area contributed by atoms with Crippen molar-refractivity contribution in [1.29, 1.82) is 0 Å². The lowest BCUT2D eigenvalue weighted by Gasteiger charge is -2.22. The van der Waals surface area contributed by atoms with Gasteiger partial charge in [-0.05, 0) is 25.5 Å². The van der Waals surface area contributed by atoms with Crippen LogP contribution in [-0.4, -0.2) is 39.5 Å². The summed E-state index contributed by atoms with van der Waals surface area (Å²) in [5.74, 6) is -1.28. The number of nitrogens with zero attached hydrogens (tertiary/aromatic N) is 2. The Morgan fingerprint density at radius 1 is 1.33 bits per heavy atom. The molecule has 1 amide bonds. The van der Waals surface area contributed by atoms with Gasteiger partial charge in [0.2, 0.25) is 0 Å². The van der Waals surface area contributed by atoms with Crippen LogP contribution in [0.2, 0.25) is 0 Å². The molecule has 0 aliphatic heterocycles. The molecule has 5 nitrogen and oxygen atoms in total. The Labute approximate surface area is 123 Å². The molecule has 0 saturated heterocycles. The molecule has 0 bridgehead atoms. The average molecular weight is 288 g/mol. The van der Waals surface area contributed by atoms with E-state index in [1.54, 1.807) is 0 Å². The van der Waals surface area contributed by atoms with E-state index in [1.807, 2.05) is 41.8 Å². The summed E-state index contributed by atoms with van der Waals surface area (Å²) in [7, 11) is 1.52. The second-order valence-corrected chi connectivity index (χ2v) is 5.17. The highest BCUT2D eigenvalue weighted by molar-refractivity contribution is 6.00. The molecule has 1 aromatic carbocycles. The first-order valence-corrected chi connectivity index (χ1v) is 7.05. The quantitative estimate of drug-likeness (QED) is 0.920. The summed E-state index contributed by atoms with van der Waals surface area (Å²) in [5, 5.41) is 10.1. The van der Waals surface area contributed by atoms with Gasteiger partial charge in [0.15, 0.2) is 0 Å². The van der Waals surface area contributed by atoms with Gasteiger partial charge < -0.3 is 14.6 Å². The highest BCUT2D eigenvalue weighted by Crippen LogP contribution is 2.21. The summed E-state index contributed by atoms with van der Waals surface area (Å²) in [5.41, 5.74) is 1.53. The first-order valence-electron chi connectivity index (χ1n) is 7.05. The van der Waals surface area contributed by atoms with Crippen LogP contribution in [0.15, 0.2) is 30.3 Å². The number of carbonyl (C=O) groups is 2. The zero-order chi connectivity index (χ0) is 15.6. The highest BCUT2D eigenvalue weighted by atomic mass is 16.4. The lowest BCUT2D eigenvalue weighted by Crippen LogP contribution is -2.41. The number of carbonyl (C=O) groups excluding carboxylic acids is 1. The molecule has 0 spiro atoms. The maximum Gasteiger partial charge on any atom is 0.326 e. The van der Waals surface area contributed by atoms with Gasteiger partial charge >= 0.3 is 5.97 Å². The maximum atomic E-state index is 12.6. The van der Waals surface area contributed by atoms with Gasteiger partial charge in [0.25, 0.3) is 5.91 Å². The molecular formula is C16H20N2O3. The van der Waals surface area contributed by atoms with Gasteiger partial charge in [-0.25, -0.2) is 4.79 Å². The summed E-state index contributed by atoms with van der Waals surface area (Å²) in [6.07, 6.45) is 0.900. The zero-order valence-electron chi connectivity index (χ0n) is 12.5. The number of likely N-dealkylation sites (N-methyl/N-ethyl adjacent to an activating group) is 1. The number of aryl methyl sites for hydroxylation is 1. The predicted molar refractivity (Wildman–Crippen MR) is 81.4 cm³/mol. The van der Waals surface area contributed by atoms with Crippen LogP contribution >= 0.6 is 0 Å². The van der Waals surface area contributed by atoms with Crippen LogP contribution in [0.1, 0.15) is 30.8 Å². The van der Waals surface area contributed by atoms with Gasteiger partial charge in [0, 0.05) is 24.5 Å². The molecule has 0 aliphatic rings. The van der Waals surface area contributed by atoms with Crippen molar-refractivity contribution in [2.45, 2.75) is 32.9 Å². The topological polar surface area (TPSA) is 62.5 Å². The van der Waals surface area contributed by atoms with Crippen molar-refractivity contribution in [2.75, 3.05) is 7.05 Å². The Kier molecular flexibility index (Phi) is 4.31. The van der Waals surface area contributed by atoms with Gasteiger partial charge in [-0.3, -0.25) is 4.79 Å². The van der Waals surface area contributed by atoms with E-state index in [9.17, 15) is 9.59 Å². The van der Waals surface area contributed by atoms with Crippen LogP contribution in [0.5, 0.6) is 0 Å². The molecule has 5 heteroatoms. The molecule has 1 N–H and O–H groups in total. The summed E-state index contributed by atoms with van der Waals surface area (Å²) < 4.78 is 1.96. The Balaban J connectivity index is 2.47. The van der Waals surface area contributed by atoms with Crippen molar-refractivity contribution >= 4 is 22.8 Å². The second-order valence-electron chi connectivity index (χ2n) is 5.17. The minimum absolute atomic E-state index is 0.269. The number of rotatable bonds is 5. The Bertz CT molecular complexity index is 675. The van der Waals surface area contributed by atoms with Crippen LogP contribution in [0.25, 0.3) is 10.9 Å². The molecule has 21 heavy (non-hydrogen) atoms. The van der Waals surface area contributed by atoms with Crippen molar-refractivity contribution in [3.63, 3.8) is 0 Å². The Hall–Kier alpha value is -2.30. The normalized spacial score (nSPS) is 12.3. The molecule has 0 aliphatic carbocycles. The summed E-state index contributed by atoms with van der Waals surface area (Å²) in [6, 6.07) is 8.77. The fourth-order valence-corrected chi connectivity index (χ4v) is 2.37. The summed E-state index contributed by atoms with van der Waals surface area (Å²) >= 11 is 0. The molecule has 1 unspecified atom stereocenters. The third-order valence-electron chi connectivity index (χ3n) is 3.74. The van der Waals surface area contributed by atoms with Crippen LogP contribution in [0, 0.1) is 0 Å². The zero-order valence-corrected chi connectivity index (χ0v) is 12.5. The van der Waals surface area contributed by atoms with Crippen LogP contribution < -0.4 is 0 Å². The number of amides is 1. The van der Waals surface area contributed by atoms with E-state index in [0.717, 1.165) is 23.9 Å². The monoisotopic (exact) mass is 288 g/mol. The Morgan fingerprint density at radius 2 is 2.00 bits per heavy atom. The number of aromatic nitrogens is 1. The Morgan fingerprint density at radius 3 is 2.62 bits per heavy atom. The lowest BCUT2D eigenvalue weighted by atomic mass is 10.2. The number of hydrogen-bond acceptors (Lipinski definition) is 2. The molecule has 0 saturated carbocycles. The van der Waals surface area contributed by atoms with Crippen LogP contribution in [-0.2, 0) is 11.3 Å². The standard InChI is InChI=1S/C16H20N2O3/c1-4-9-18-13-8-6-5-7-12(13)10-14(18)15(19)17(3)11(2)16(20)21/h5-8,10-11H,4,9H2,1-3H3,(H,20,21). The predicted octanol–water partition coefficient (Wildman–Crippen LogP) is 2.60. The minimum Gasteiger partial charge on any atom is -0.480 e. The van der Waals surface area contributed by atoms with Crippen LogP contribution in [0.3, 0.4) is 0 Å². The molecule has 0 fully saturated rings. The van der Waals surface area contributed by atoms with Gasteiger partial charge in [-0.2, -0.15) is 0 Å². The number of carboxylic acids is 1. The lowest BCUT2D eigenvalue weighted by molar-refractivity contribution is -0.141. The van der Waals surface area contributed by atoms with Crippen molar-refractivity contribution in [1.82, 2.24) is 9.47 Å². The highest BCUT2D eigenvalue weighted by Gasteiger charge is 2.25. The number of benzene rings is 1. The SMILES string of the molecule is CCCn1c(C(=O)N(C)C(C)C(=O)O)cc2ccccc21. The van der Waals surface area contributed by atoms with E-state index >= 15 is 0 Å². The van der Waals surface area contributed by atoms with Crippen molar-refractivity contribution in [2.24, 2.45) is 0 Å². The number of aliphatic carboxylic acids is 1. The van der Waals surface area contributed by atoms with Crippen molar-refractivity contribution in [3.05, 3.63) is 36.0 Å². The fraction of sp³-hybridized carbons (Fsp3) is 0.375. The number of fused-ring (bicyclic) bond motifs is 1. The van der Waals surface area contributed by atoms with E-state index in [2.05, 4.69) is 0 Å². The minimum atomic E-state index is -1.01. The third-order valence-corrected chi connectivity index (χ3v) is 3.74. The van der Waals surface area contributed by atoms with Crippen molar-refractivity contribution < 1.29 is 14.7 Å². The molecule has 0 radical (unpaired) electrons. The second kappa shape index (κ2) is 5.99. The largest absolute Gasteiger partial charge is 0.480 e. The van der Waals surface area contributed by atoms with E-state index in [-0.39, 0.29) is 5.91 Å². The molecule has 1 heterocycles. The van der Waals surface area contributed by atoms with Gasteiger partial charge in [0.1, 0.15) is 11.7 Å². The average Bonchev–Trinajstić information content (AvgIpc) is 2.84. The van der Waals surface area contributed by atoms with Crippen molar-refractivity contribution in [3.8, 4) is 0 Å². The fourth-order valence-electron chi connectivity index (χ4n) is 2.37.